The summed E-state index contributed by atoms with van der Waals surface area (Å²) >= 11 is 0. The first-order valence-electron chi connectivity index (χ1n) is 6.94. The monoisotopic (exact) mass is 278 g/mol. The van der Waals surface area contributed by atoms with E-state index in [2.05, 4.69) is 13.8 Å². The average Bonchev–Trinajstić information content (AvgIpc) is 3.15. The van der Waals surface area contributed by atoms with Gasteiger partial charge in [0.05, 0.1) is 13.2 Å². The molecule has 1 fully saturated rings. The number of hydrogen-bond donors (Lipinski definition) is 0. The van der Waals surface area contributed by atoms with E-state index in [4.69, 9.17) is 14.2 Å². The minimum absolute atomic E-state index is 0.240. The number of esters is 1. The van der Waals surface area contributed by atoms with Gasteiger partial charge in [-0.05, 0) is 24.5 Å². The molecule has 1 atom stereocenters. The Bertz CT molecular complexity index is 489. The highest BCUT2D eigenvalue weighted by Gasteiger charge is 2.49. The van der Waals surface area contributed by atoms with Gasteiger partial charge >= 0.3 is 5.97 Å². The van der Waals surface area contributed by atoms with E-state index in [1.165, 1.54) is 6.92 Å². The van der Waals surface area contributed by atoms with Gasteiger partial charge in [0.25, 0.3) is 0 Å². The van der Waals surface area contributed by atoms with Gasteiger partial charge in [-0.3, -0.25) is 4.79 Å². The van der Waals surface area contributed by atoms with Gasteiger partial charge in [0.2, 0.25) is 0 Å². The van der Waals surface area contributed by atoms with Crippen LogP contribution in [0.25, 0.3) is 0 Å². The van der Waals surface area contributed by atoms with Crippen LogP contribution in [0.1, 0.15) is 31.9 Å². The molecule has 0 spiro atoms. The molecule has 0 amide bonds. The lowest BCUT2D eigenvalue weighted by atomic mass is 9.98. The SMILES string of the molecule is CC(=O)OC[C@]1(c2ccc(C)cc2OCC(C)C)CO1. The molecule has 4 heteroatoms. The van der Waals surface area contributed by atoms with Crippen molar-refractivity contribution in [3.63, 3.8) is 0 Å². The fourth-order valence-electron chi connectivity index (χ4n) is 2.00. The fourth-order valence-corrected chi connectivity index (χ4v) is 2.00. The highest BCUT2D eigenvalue weighted by molar-refractivity contribution is 5.66. The molecule has 0 aliphatic carbocycles. The molecule has 4 nitrogen and oxygen atoms in total. The van der Waals surface area contributed by atoms with Crippen LogP contribution in [-0.4, -0.2) is 25.8 Å². The zero-order chi connectivity index (χ0) is 14.8. The number of rotatable bonds is 6. The van der Waals surface area contributed by atoms with E-state index in [1.807, 2.05) is 25.1 Å². The quantitative estimate of drug-likeness (QED) is 0.593. The molecule has 0 N–H and O–H groups in total. The lowest BCUT2D eigenvalue weighted by Gasteiger charge is -2.18. The number of hydrogen-bond acceptors (Lipinski definition) is 4. The van der Waals surface area contributed by atoms with Gasteiger partial charge in [0.15, 0.2) is 5.60 Å². The lowest BCUT2D eigenvalue weighted by molar-refractivity contribution is -0.142. The molecule has 0 bridgehead atoms. The highest BCUT2D eigenvalue weighted by atomic mass is 16.6. The van der Waals surface area contributed by atoms with Crippen molar-refractivity contribution in [2.45, 2.75) is 33.3 Å². The van der Waals surface area contributed by atoms with Crippen molar-refractivity contribution in [1.82, 2.24) is 0 Å². The lowest BCUT2D eigenvalue weighted by Crippen LogP contribution is -2.20. The van der Waals surface area contributed by atoms with Crippen LogP contribution in [0.4, 0.5) is 0 Å². The molecule has 1 aromatic carbocycles. The van der Waals surface area contributed by atoms with E-state index < -0.39 is 5.60 Å². The van der Waals surface area contributed by atoms with Crippen molar-refractivity contribution in [1.29, 1.82) is 0 Å². The second-order valence-electron chi connectivity index (χ2n) is 5.77. The molecule has 0 unspecified atom stereocenters. The summed E-state index contributed by atoms with van der Waals surface area (Å²) in [5.74, 6) is 0.980. The predicted octanol–water partition coefficient (Wildman–Crippen LogP) is 2.82. The topological polar surface area (TPSA) is 48.1 Å². The Hall–Kier alpha value is -1.55. The standard InChI is InChI=1S/C16H22O4/c1-11(2)8-18-15-7-12(3)5-6-14(15)16(10-20-16)9-19-13(4)17/h5-7,11H,8-10H2,1-4H3/t16-/m1/s1. The maximum atomic E-state index is 11.0. The highest BCUT2D eigenvalue weighted by Crippen LogP contribution is 2.44. The molecular formula is C16H22O4. The number of carbonyl (C=O) groups excluding carboxylic acids is 1. The number of benzene rings is 1. The van der Waals surface area contributed by atoms with Crippen LogP contribution in [0.15, 0.2) is 18.2 Å². The van der Waals surface area contributed by atoms with E-state index >= 15 is 0 Å². The molecule has 0 saturated carbocycles. The molecule has 20 heavy (non-hydrogen) atoms. The molecule has 1 aliphatic heterocycles. The van der Waals surface area contributed by atoms with Gasteiger partial charge in [-0.1, -0.05) is 26.0 Å². The molecule has 1 aliphatic rings. The van der Waals surface area contributed by atoms with Gasteiger partial charge in [0.1, 0.15) is 12.4 Å². The van der Waals surface area contributed by atoms with Crippen molar-refractivity contribution < 1.29 is 19.0 Å². The Morgan fingerprint density at radius 2 is 2.15 bits per heavy atom. The largest absolute Gasteiger partial charge is 0.493 e. The first-order chi connectivity index (χ1) is 9.43. The maximum absolute atomic E-state index is 11.0. The summed E-state index contributed by atoms with van der Waals surface area (Å²) in [5.41, 5.74) is 1.58. The Morgan fingerprint density at radius 3 is 2.70 bits per heavy atom. The van der Waals surface area contributed by atoms with Crippen LogP contribution in [0.2, 0.25) is 0 Å². The molecule has 0 radical (unpaired) electrons. The smallest absolute Gasteiger partial charge is 0.302 e. The van der Waals surface area contributed by atoms with Crippen LogP contribution in [-0.2, 0) is 19.9 Å². The number of epoxide rings is 1. The molecule has 110 valence electrons. The van der Waals surface area contributed by atoms with Crippen LogP contribution in [0, 0.1) is 12.8 Å². The normalized spacial score (nSPS) is 20.9. The van der Waals surface area contributed by atoms with Crippen LogP contribution < -0.4 is 4.74 Å². The first-order valence-corrected chi connectivity index (χ1v) is 6.94. The Balaban J connectivity index is 2.19. The van der Waals surface area contributed by atoms with Gasteiger partial charge in [0, 0.05) is 12.5 Å². The number of ether oxygens (including phenoxy) is 3. The maximum Gasteiger partial charge on any atom is 0.302 e. The summed E-state index contributed by atoms with van der Waals surface area (Å²) in [6.45, 7) is 9.10. The second kappa shape index (κ2) is 5.83. The Kier molecular flexibility index (Phi) is 4.33. The van der Waals surface area contributed by atoms with Gasteiger partial charge in [-0.15, -0.1) is 0 Å². The third-order valence-electron chi connectivity index (χ3n) is 3.20. The average molecular weight is 278 g/mol. The van der Waals surface area contributed by atoms with E-state index in [-0.39, 0.29) is 12.6 Å². The summed E-state index contributed by atoms with van der Waals surface area (Å²) in [6, 6.07) is 6.03. The van der Waals surface area contributed by atoms with Crippen molar-refractivity contribution in [2.75, 3.05) is 19.8 Å². The molecule has 1 aromatic rings. The zero-order valence-electron chi connectivity index (χ0n) is 12.6. The summed E-state index contributed by atoms with van der Waals surface area (Å²) in [4.78, 5) is 11.0. The molecule has 1 saturated heterocycles. The van der Waals surface area contributed by atoms with Crippen molar-refractivity contribution in [3.8, 4) is 5.75 Å². The fraction of sp³-hybridized carbons (Fsp3) is 0.562. The third-order valence-corrected chi connectivity index (χ3v) is 3.20. The van der Waals surface area contributed by atoms with E-state index in [0.717, 1.165) is 16.9 Å². The number of carbonyl (C=O) groups is 1. The van der Waals surface area contributed by atoms with Crippen molar-refractivity contribution >= 4 is 5.97 Å². The van der Waals surface area contributed by atoms with Crippen LogP contribution in [0.3, 0.4) is 0 Å². The van der Waals surface area contributed by atoms with Gasteiger partial charge < -0.3 is 14.2 Å². The Morgan fingerprint density at radius 1 is 1.45 bits per heavy atom. The summed E-state index contributed by atoms with van der Waals surface area (Å²) in [7, 11) is 0. The second-order valence-corrected chi connectivity index (χ2v) is 5.77. The molecule has 1 heterocycles. The molecule has 2 rings (SSSR count). The summed E-state index contributed by atoms with van der Waals surface area (Å²) in [6.07, 6.45) is 0. The van der Waals surface area contributed by atoms with E-state index in [9.17, 15) is 4.79 Å². The van der Waals surface area contributed by atoms with E-state index in [1.54, 1.807) is 0 Å². The van der Waals surface area contributed by atoms with Crippen LogP contribution in [0.5, 0.6) is 5.75 Å². The zero-order valence-corrected chi connectivity index (χ0v) is 12.6. The van der Waals surface area contributed by atoms with Gasteiger partial charge in [-0.2, -0.15) is 0 Å². The third kappa shape index (κ3) is 3.51. The van der Waals surface area contributed by atoms with Gasteiger partial charge in [-0.25, -0.2) is 0 Å². The predicted molar refractivity (Wildman–Crippen MR) is 75.8 cm³/mol. The van der Waals surface area contributed by atoms with Crippen molar-refractivity contribution in [2.24, 2.45) is 5.92 Å². The number of aryl methyl sites for hydroxylation is 1. The Labute approximate surface area is 120 Å². The van der Waals surface area contributed by atoms with Crippen molar-refractivity contribution in [3.05, 3.63) is 29.3 Å². The van der Waals surface area contributed by atoms with E-state index in [0.29, 0.717) is 19.1 Å². The molecular weight excluding hydrogens is 256 g/mol. The minimum Gasteiger partial charge on any atom is -0.493 e. The minimum atomic E-state index is -0.522. The first kappa shape index (κ1) is 14.9. The van der Waals surface area contributed by atoms with Crippen LogP contribution >= 0.6 is 0 Å². The molecule has 0 aromatic heterocycles. The summed E-state index contributed by atoms with van der Waals surface area (Å²) in [5, 5.41) is 0. The summed E-state index contributed by atoms with van der Waals surface area (Å²) < 4.78 is 16.6.